The molecule has 0 spiro atoms. The van der Waals surface area contributed by atoms with E-state index in [0.29, 0.717) is 24.5 Å². The van der Waals surface area contributed by atoms with Gasteiger partial charge in [-0.1, -0.05) is 36.0 Å². The summed E-state index contributed by atoms with van der Waals surface area (Å²) in [6.07, 6.45) is 0.363. The maximum Gasteiger partial charge on any atom is 0.284 e. The summed E-state index contributed by atoms with van der Waals surface area (Å²) in [5.74, 6) is -0.152. The van der Waals surface area contributed by atoms with E-state index in [1.807, 2.05) is 0 Å². The van der Waals surface area contributed by atoms with E-state index in [9.17, 15) is 18.0 Å². The van der Waals surface area contributed by atoms with Gasteiger partial charge in [0.25, 0.3) is 10.0 Å². The van der Waals surface area contributed by atoms with E-state index in [1.165, 1.54) is 24.1 Å². The van der Waals surface area contributed by atoms with Crippen molar-refractivity contribution in [2.24, 2.45) is 4.40 Å². The summed E-state index contributed by atoms with van der Waals surface area (Å²) in [5, 5.41) is 2.00. The number of hydrogen-bond donors (Lipinski definition) is 1. The van der Waals surface area contributed by atoms with Crippen LogP contribution in [0.1, 0.15) is 12.8 Å². The minimum absolute atomic E-state index is 0.0293. The molecule has 1 aliphatic rings. The number of thioether (sulfide) groups is 1. The molecular formula is C22H25N3O6S2. The highest BCUT2D eigenvalue weighted by atomic mass is 32.2. The largest absolute Gasteiger partial charge is 0.497 e. The molecule has 11 heteroatoms. The van der Waals surface area contributed by atoms with Crippen LogP contribution < -0.4 is 10.1 Å². The van der Waals surface area contributed by atoms with Crippen LogP contribution in [0.15, 0.2) is 63.9 Å². The van der Waals surface area contributed by atoms with Crippen LogP contribution in [0.4, 0.5) is 5.69 Å². The van der Waals surface area contributed by atoms with Crippen LogP contribution in [0.2, 0.25) is 0 Å². The third-order valence-corrected chi connectivity index (χ3v) is 7.29. The Labute approximate surface area is 197 Å². The van der Waals surface area contributed by atoms with Crippen molar-refractivity contribution in [2.75, 3.05) is 32.7 Å². The Morgan fingerprint density at radius 2 is 1.91 bits per heavy atom. The first-order chi connectivity index (χ1) is 15.8. The van der Waals surface area contributed by atoms with Crippen molar-refractivity contribution in [3.63, 3.8) is 0 Å². The molecule has 1 aliphatic heterocycles. The molecule has 33 heavy (non-hydrogen) atoms. The van der Waals surface area contributed by atoms with Crippen LogP contribution in [-0.2, 0) is 24.3 Å². The molecule has 2 aromatic carbocycles. The van der Waals surface area contributed by atoms with Gasteiger partial charge in [-0.3, -0.25) is 14.5 Å². The molecule has 1 unspecified atom stereocenters. The number of nitrogens with one attached hydrogen (secondary N) is 1. The van der Waals surface area contributed by atoms with Gasteiger partial charge in [-0.05, 0) is 30.7 Å². The van der Waals surface area contributed by atoms with Gasteiger partial charge in [0.05, 0.1) is 12.0 Å². The van der Waals surface area contributed by atoms with Crippen molar-refractivity contribution in [1.82, 2.24) is 4.90 Å². The molecule has 0 aromatic heterocycles. The molecule has 2 amide bonds. The number of rotatable bonds is 10. The number of amides is 2. The first kappa shape index (κ1) is 24.7. The third kappa shape index (κ3) is 6.56. The van der Waals surface area contributed by atoms with Crippen LogP contribution in [-0.4, -0.2) is 62.9 Å². The summed E-state index contributed by atoms with van der Waals surface area (Å²) < 4.78 is 39.6. The van der Waals surface area contributed by atoms with Crippen molar-refractivity contribution in [3.05, 3.63) is 54.6 Å². The van der Waals surface area contributed by atoms with Gasteiger partial charge in [0, 0.05) is 38.4 Å². The number of anilines is 1. The van der Waals surface area contributed by atoms with E-state index in [2.05, 4.69) is 9.71 Å². The van der Waals surface area contributed by atoms with Crippen molar-refractivity contribution in [1.29, 1.82) is 0 Å². The Morgan fingerprint density at radius 3 is 2.61 bits per heavy atom. The molecule has 0 radical (unpaired) electrons. The lowest BCUT2D eigenvalue weighted by Gasteiger charge is -2.16. The zero-order chi connectivity index (χ0) is 23.8. The third-order valence-electron chi connectivity index (χ3n) is 4.71. The number of ether oxygens (including phenoxy) is 2. The molecule has 1 N–H and O–H groups in total. The average molecular weight is 492 g/mol. The van der Waals surface area contributed by atoms with Gasteiger partial charge < -0.3 is 14.8 Å². The van der Waals surface area contributed by atoms with Gasteiger partial charge in [0.2, 0.25) is 11.8 Å². The normalized spacial score (nSPS) is 17.4. The second kappa shape index (κ2) is 11.3. The molecule has 0 bridgehead atoms. The van der Waals surface area contributed by atoms with Gasteiger partial charge in [-0.25, -0.2) is 0 Å². The zero-order valence-electron chi connectivity index (χ0n) is 18.3. The smallest absolute Gasteiger partial charge is 0.284 e. The molecule has 0 saturated carbocycles. The monoisotopic (exact) mass is 491 g/mol. The van der Waals surface area contributed by atoms with Crippen molar-refractivity contribution in [3.8, 4) is 5.75 Å². The van der Waals surface area contributed by atoms with Crippen LogP contribution in [0, 0.1) is 0 Å². The summed E-state index contributed by atoms with van der Waals surface area (Å²) in [5.41, 5.74) is 0.535. The molecule has 1 saturated heterocycles. The Bertz CT molecular complexity index is 1120. The van der Waals surface area contributed by atoms with E-state index < -0.39 is 15.3 Å². The summed E-state index contributed by atoms with van der Waals surface area (Å²) in [6.45, 7) is 0.630. The maximum atomic E-state index is 13.0. The highest BCUT2D eigenvalue weighted by Crippen LogP contribution is 2.31. The number of hydrogen-bond acceptors (Lipinski definition) is 7. The van der Waals surface area contributed by atoms with Crippen LogP contribution in [0.5, 0.6) is 5.75 Å². The van der Waals surface area contributed by atoms with Crippen molar-refractivity contribution in [2.45, 2.75) is 23.0 Å². The highest BCUT2D eigenvalue weighted by molar-refractivity contribution is 8.16. The second-order valence-corrected chi connectivity index (χ2v) is 9.86. The number of sulfonamides is 1. The summed E-state index contributed by atoms with van der Waals surface area (Å²) in [4.78, 5) is 26.9. The lowest BCUT2D eigenvalue weighted by atomic mass is 10.2. The van der Waals surface area contributed by atoms with E-state index in [0.717, 1.165) is 11.8 Å². The molecule has 9 nitrogen and oxygen atoms in total. The lowest BCUT2D eigenvalue weighted by molar-refractivity contribution is -0.128. The average Bonchev–Trinajstić information content (AvgIpc) is 3.08. The summed E-state index contributed by atoms with van der Waals surface area (Å²) in [7, 11) is -0.943. The SMILES string of the molecule is COCCCN1C(=O)C(CC(=O)Nc2cccc(OC)c2)SC1=NS(=O)(=O)c1ccccc1. The maximum absolute atomic E-state index is 13.0. The second-order valence-electron chi connectivity index (χ2n) is 7.09. The Morgan fingerprint density at radius 1 is 1.15 bits per heavy atom. The van der Waals surface area contributed by atoms with Crippen molar-refractivity contribution < 1.29 is 27.5 Å². The van der Waals surface area contributed by atoms with E-state index in [-0.39, 0.29) is 34.8 Å². The molecule has 1 atom stereocenters. The number of benzene rings is 2. The molecule has 1 fully saturated rings. The van der Waals surface area contributed by atoms with Crippen LogP contribution >= 0.6 is 11.8 Å². The number of nitrogens with zero attached hydrogens (tertiary/aromatic N) is 2. The van der Waals surface area contributed by atoms with Gasteiger partial charge in [0.1, 0.15) is 11.0 Å². The Balaban J connectivity index is 1.77. The Kier molecular flexibility index (Phi) is 8.48. The van der Waals surface area contributed by atoms with Crippen LogP contribution in [0.3, 0.4) is 0 Å². The number of carbonyl (C=O) groups excluding carboxylic acids is 2. The van der Waals surface area contributed by atoms with Gasteiger partial charge >= 0.3 is 0 Å². The minimum Gasteiger partial charge on any atom is -0.497 e. The summed E-state index contributed by atoms with van der Waals surface area (Å²) >= 11 is 0.974. The standard InChI is InChI=1S/C22H25N3O6S2/c1-30-13-7-12-25-21(27)19(15-20(26)23-16-8-6-9-17(14-16)31-2)32-22(25)24-33(28,29)18-10-4-3-5-11-18/h3-6,8-11,14,19H,7,12-13,15H2,1-2H3,(H,23,26). The molecule has 3 rings (SSSR count). The Hall–Kier alpha value is -2.89. The fourth-order valence-electron chi connectivity index (χ4n) is 3.11. The number of carbonyl (C=O) groups is 2. The van der Waals surface area contributed by atoms with Gasteiger partial charge in [-0.2, -0.15) is 8.42 Å². The van der Waals surface area contributed by atoms with Gasteiger partial charge in [-0.15, -0.1) is 4.40 Å². The van der Waals surface area contributed by atoms with Crippen LogP contribution in [0.25, 0.3) is 0 Å². The van der Waals surface area contributed by atoms with E-state index >= 15 is 0 Å². The zero-order valence-corrected chi connectivity index (χ0v) is 19.9. The molecular weight excluding hydrogens is 466 g/mol. The molecule has 1 heterocycles. The fourth-order valence-corrected chi connectivity index (χ4v) is 5.51. The minimum atomic E-state index is -4.01. The van der Waals surface area contributed by atoms with E-state index in [4.69, 9.17) is 9.47 Å². The highest BCUT2D eigenvalue weighted by Gasteiger charge is 2.40. The first-order valence-electron chi connectivity index (χ1n) is 10.1. The molecule has 176 valence electrons. The molecule has 2 aromatic rings. The number of methoxy groups -OCH3 is 2. The fraction of sp³-hybridized carbons (Fsp3) is 0.318. The number of amidine groups is 1. The van der Waals surface area contributed by atoms with Crippen molar-refractivity contribution >= 4 is 44.5 Å². The lowest BCUT2D eigenvalue weighted by Crippen LogP contribution is -2.35. The topological polar surface area (TPSA) is 114 Å². The predicted octanol–water partition coefficient (Wildman–Crippen LogP) is 2.75. The quantitative estimate of drug-likeness (QED) is 0.508. The summed E-state index contributed by atoms with van der Waals surface area (Å²) in [6, 6.07) is 14.6. The predicted molar refractivity (Wildman–Crippen MR) is 127 cm³/mol. The van der Waals surface area contributed by atoms with E-state index in [1.54, 1.807) is 49.6 Å². The molecule has 0 aliphatic carbocycles. The van der Waals surface area contributed by atoms with Gasteiger partial charge in [0.15, 0.2) is 5.17 Å². The first-order valence-corrected chi connectivity index (χ1v) is 12.5.